The van der Waals surface area contributed by atoms with Crippen LogP contribution in [0.3, 0.4) is 0 Å². The number of allylic oxidation sites excluding steroid dienone is 1. The van der Waals surface area contributed by atoms with Crippen molar-refractivity contribution in [1.82, 2.24) is 10.2 Å². The second-order valence-electron chi connectivity index (χ2n) is 3.10. The number of likely N-dealkylation sites (N-methyl/N-ethyl adjacent to an activating group) is 1. The molecule has 0 fully saturated rings. The van der Waals surface area contributed by atoms with E-state index in [0.29, 0.717) is 6.29 Å². The van der Waals surface area contributed by atoms with Crippen LogP contribution >= 0.6 is 0 Å². The van der Waals surface area contributed by atoms with Crippen LogP contribution in [0.5, 0.6) is 0 Å². The smallest absolute Gasteiger partial charge is 0.408 e. The third kappa shape index (κ3) is 5.72. The molecule has 0 bridgehead atoms. The summed E-state index contributed by atoms with van der Waals surface area (Å²) in [7, 11) is 1.74. The molecule has 2 N–H and O–H groups in total. The van der Waals surface area contributed by atoms with Gasteiger partial charge < -0.3 is 15.2 Å². The van der Waals surface area contributed by atoms with E-state index in [0.717, 1.165) is 23.4 Å². The first kappa shape index (κ1) is 13.5. The molecule has 0 rings (SSSR count). The summed E-state index contributed by atoms with van der Waals surface area (Å²) in [6.45, 7) is 2.18. The molecule has 1 amide bonds. The maximum Gasteiger partial charge on any atom is 0.408 e. The second kappa shape index (κ2) is 7.84. The molecule has 0 aromatic rings. The Labute approximate surface area is 89.8 Å². The fourth-order valence-corrected chi connectivity index (χ4v) is 1.07. The minimum atomic E-state index is -1.08. The number of carbonyl (C=O) groups is 2. The summed E-state index contributed by atoms with van der Waals surface area (Å²) >= 11 is 0. The molecular weight excluding hydrogens is 196 g/mol. The van der Waals surface area contributed by atoms with Crippen molar-refractivity contribution in [3.8, 4) is 0 Å². The van der Waals surface area contributed by atoms with E-state index in [1.165, 1.54) is 0 Å². The first-order valence-electron chi connectivity index (χ1n) is 4.94. The Balaban J connectivity index is 4.33. The number of nitrogens with zero attached hydrogens (tertiary/aromatic N) is 1. The van der Waals surface area contributed by atoms with Gasteiger partial charge in [-0.25, -0.2) is 4.79 Å². The van der Waals surface area contributed by atoms with Crippen LogP contribution < -0.4 is 5.32 Å². The highest BCUT2D eigenvalue weighted by Crippen LogP contribution is 1.99. The summed E-state index contributed by atoms with van der Waals surface area (Å²) in [5, 5.41) is 11.7. The Morgan fingerprint density at radius 3 is 2.60 bits per heavy atom. The average molecular weight is 214 g/mol. The van der Waals surface area contributed by atoms with E-state index in [2.05, 4.69) is 5.32 Å². The normalized spacial score (nSPS) is 10.9. The van der Waals surface area contributed by atoms with Gasteiger partial charge in [-0.3, -0.25) is 4.90 Å². The first-order valence-corrected chi connectivity index (χ1v) is 4.94. The number of hydrogen-bond acceptors (Lipinski definition) is 3. The summed E-state index contributed by atoms with van der Waals surface area (Å²) < 4.78 is 0. The molecular formula is C10H18N2O3. The summed E-state index contributed by atoms with van der Waals surface area (Å²) in [5.41, 5.74) is 0.820. The van der Waals surface area contributed by atoms with Crippen LogP contribution in [-0.4, -0.2) is 42.5 Å². The van der Waals surface area contributed by atoms with E-state index in [1.807, 2.05) is 13.0 Å². The summed E-state index contributed by atoms with van der Waals surface area (Å²) in [5.74, 6) is 0. The molecule has 15 heavy (non-hydrogen) atoms. The van der Waals surface area contributed by atoms with Crippen LogP contribution in [0.2, 0.25) is 0 Å². The molecule has 0 saturated heterocycles. The van der Waals surface area contributed by atoms with Crippen molar-refractivity contribution in [3.63, 3.8) is 0 Å². The van der Waals surface area contributed by atoms with Gasteiger partial charge in [0, 0.05) is 12.7 Å². The lowest BCUT2D eigenvalue weighted by Gasteiger charge is -2.18. The number of aldehydes is 1. The SMILES string of the molecule is CCC/C=C(/CN(CC=O)C(=O)O)NC. The zero-order valence-electron chi connectivity index (χ0n) is 9.19. The molecule has 0 radical (unpaired) electrons. The number of rotatable bonds is 7. The van der Waals surface area contributed by atoms with E-state index in [9.17, 15) is 9.59 Å². The number of amides is 1. The lowest BCUT2D eigenvalue weighted by Crippen LogP contribution is -2.35. The van der Waals surface area contributed by atoms with Crippen LogP contribution in [0.25, 0.3) is 0 Å². The Morgan fingerprint density at radius 1 is 1.53 bits per heavy atom. The van der Waals surface area contributed by atoms with E-state index < -0.39 is 6.09 Å². The highest BCUT2D eigenvalue weighted by atomic mass is 16.4. The van der Waals surface area contributed by atoms with E-state index in [4.69, 9.17) is 5.11 Å². The quantitative estimate of drug-likeness (QED) is 0.622. The number of unbranched alkanes of at least 4 members (excludes halogenated alkanes) is 1. The minimum Gasteiger partial charge on any atom is -0.465 e. The third-order valence-electron chi connectivity index (χ3n) is 1.93. The summed E-state index contributed by atoms with van der Waals surface area (Å²) in [6, 6.07) is 0. The number of carbonyl (C=O) groups excluding carboxylic acids is 1. The van der Waals surface area contributed by atoms with Gasteiger partial charge in [-0.1, -0.05) is 19.4 Å². The van der Waals surface area contributed by atoms with Crippen LogP contribution in [0.4, 0.5) is 4.79 Å². The Hall–Kier alpha value is -1.52. The molecule has 0 aliphatic carbocycles. The highest BCUT2D eigenvalue weighted by Gasteiger charge is 2.11. The average Bonchev–Trinajstić information content (AvgIpc) is 2.22. The highest BCUT2D eigenvalue weighted by molar-refractivity contribution is 5.69. The van der Waals surface area contributed by atoms with Gasteiger partial charge in [0.15, 0.2) is 0 Å². The van der Waals surface area contributed by atoms with Gasteiger partial charge in [0.05, 0.1) is 13.1 Å². The Bertz CT molecular complexity index is 239. The predicted molar refractivity (Wildman–Crippen MR) is 57.7 cm³/mol. The van der Waals surface area contributed by atoms with Gasteiger partial charge in [0.1, 0.15) is 6.29 Å². The van der Waals surface area contributed by atoms with Gasteiger partial charge >= 0.3 is 6.09 Å². The van der Waals surface area contributed by atoms with Crippen molar-refractivity contribution >= 4 is 12.4 Å². The van der Waals surface area contributed by atoms with Gasteiger partial charge in [-0.15, -0.1) is 0 Å². The lowest BCUT2D eigenvalue weighted by atomic mass is 10.2. The molecule has 86 valence electrons. The monoisotopic (exact) mass is 214 g/mol. The van der Waals surface area contributed by atoms with Crippen molar-refractivity contribution in [2.45, 2.75) is 19.8 Å². The van der Waals surface area contributed by atoms with Crippen LogP contribution in [0.1, 0.15) is 19.8 Å². The topological polar surface area (TPSA) is 69.6 Å². The van der Waals surface area contributed by atoms with Gasteiger partial charge in [-0.2, -0.15) is 0 Å². The zero-order valence-corrected chi connectivity index (χ0v) is 9.19. The van der Waals surface area contributed by atoms with E-state index >= 15 is 0 Å². The number of hydrogen-bond donors (Lipinski definition) is 2. The van der Waals surface area contributed by atoms with E-state index in [1.54, 1.807) is 7.05 Å². The maximum atomic E-state index is 10.7. The molecule has 0 spiro atoms. The predicted octanol–water partition coefficient (Wildman–Crippen LogP) is 1.07. The van der Waals surface area contributed by atoms with Crippen molar-refractivity contribution < 1.29 is 14.7 Å². The molecule has 0 unspecified atom stereocenters. The van der Waals surface area contributed by atoms with Gasteiger partial charge in [0.25, 0.3) is 0 Å². The third-order valence-corrected chi connectivity index (χ3v) is 1.93. The molecule has 5 nitrogen and oxygen atoms in total. The van der Waals surface area contributed by atoms with Crippen LogP contribution in [-0.2, 0) is 4.79 Å². The van der Waals surface area contributed by atoms with Crippen molar-refractivity contribution in [1.29, 1.82) is 0 Å². The largest absolute Gasteiger partial charge is 0.465 e. The standard InChI is InChI=1S/C10H18N2O3/c1-3-4-5-9(11-2)8-12(6-7-13)10(14)15/h5,7,11H,3-4,6,8H2,1-2H3,(H,14,15)/b9-5-. The van der Waals surface area contributed by atoms with Crippen molar-refractivity contribution in [2.24, 2.45) is 0 Å². The Kier molecular flexibility index (Phi) is 7.05. The van der Waals surface area contributed by atoms with Crippen molar-refractivity contribution in [2.75, 3.05) is 20.1 Å². The van der Waals surface area contributed by atoms with E-state index in [-0.39, 0.29) is 13.1 Å². The number of nitrogens with one attached hydrogen (secondary N) is 1. The fourth-order valence-electron chi connectivity index (χ4n) is 1.07. The molecule has 5 heteroatoms. The van der Waals surface area contributed by atoms with Gasteiger partial charge in [-0.05, 0) is 6.42 Å². The molecule has 0 heterocycles. The van der Waals surface area contributed by atoms with Gasteiger partial charge in [0.2, 0.25) is 0 Å². The summed E-state index contributed by atoms with van der Waals surface area (Å²) in [6.07, 6.45) is 3.35. The first-order chi connectivity index (χ1) is 7.15. The fraction of sp³-hybridized carbons (Fsp3) is 0.600. The molecule has 0 aliphatic rings. The number of carboxylic acid groups (broad SMARTS) is 1. The van der Waals surface area contributed by atoms with Crippen LogP contribution in [0.15, 0.2) is 11.8 Å². The molecule has 0 aromatic carbocycles. The molecule has 0 atom stereocenters. The lowest BCUT2D eigenvalue weighted by molar-refractivity contribution is -0.108. The van der Waals surface area contributed by atoms with Crippen LogP contribution in [0, 0.1) is 0 Å². The molecule has 0 aliphatic heterocycles. The maximum absolute atomic E-state index is 10.7. The zero-order chi connectivity index (χ0) is 11.7. The Morgan fingerprint density at radius 2 is 2.20 bits per heavy atom. The second-order valence-corrected chi connectivity index (χ2v) is 3.10. The molecule has 0 saturated carbocycles. The molecule has 0 aromatic heterocycles. The van der Waals surface area contributed by atoms with Crippen molar-refractivity contribution in [3.05, 3.63) is 11.8 Å². The summed E-state index contributed by atoms with van der Waals surface area (Å²) in [4.78, 5) is 22.0. The minimum absolute atomic E-state index is 0.0967.